The predicted octanol–water partition coefficient (Wildman–Crippen LogP) is 3.94. The molecule has 0 fully saturated rings. The fraction of sp³-hybridized carbons (Fsp3) is 0.667. The van der Waals surface area contributed by atoms with Crippen LogP contribution in [0.4, 0.5) is 0 Å². The number of hydrogen-bond acceptors (Lipinski definition) is 3. The minimum atomic E-state index is 0.476. The van der Waals surface area contributed by atoms with Crippen LogP contribution in [0.5, 0.6) is 5.75 Å². The van der Waals surface area contributed by atoms with Crippen molar-refractivity contribution >= 4 is 0 Å². The normalized spacial score (nSPS) is 11.4. The summed E-state index contributed by atoms with van der Waals surface area (Å²) in [7, 11) is 0. The fourth-order valence-electron chi connectivity index (χ4n) is 2.29. The molecule has 3 heteroatoms. The van der Waals surface area contributed by atoms with Crippen molar-refractivity contribution in [3.63, 3.8) is 0 Å². The van der Waals surface area contributed by atoms with E-state index in [1.807, 2.05) is 6.92 Å². The summed E-state index contributed by atoms with van der Waals surface area (Å²) in [5, 5.41) is 3.34. The quantitative estimate of drug-likeness (QED) is 0.663. The van der Waals surface area contributed by atoms with Gasteiger partial charge in [0.15, 0.2) is 0 Å². The van der Waals surface area contributed by atoms with Gasteiger partial charge in [-0.05, 0) is 29.9 Å². The molecule has 0 saturated heterocycles. The molecule has 0 aliphatic carbocycles. The lowest BCUT2D eigenvalue weighted by atomic mass is 9.94. The van der Waals surface area contributed by atoms with Gasteiger partial charge in [-0.1, -0.05) is 45.9 Å². The lowest BCUT2D eigenvalue weighted by Gasteiger charge is -2.20. The van der Waals surface area contributed by atoms with Crippen molar-refractivity contribution in [3.8, 4) is 5.75 Å². The maximum atomic E-state index is 6.09. The van der Waals surface area contributed by atoms with Gasteiger partial charge in [-0.3, -0.25) is 0 Å². The van der Waals surface area contributed by atoms with E-state index in [1.54, 1.807) is 0 Å². The third kappa shape index (κ3) is 6.06. The van der Waals surface area contributed by atoms with E-state index >= 15 is 0 Å². The molecule has 0 heterocycles. The minimum Gasteiger partial charge on any atom is -0.492 e. The molecule has 21 heavy (non-hydrogen) atoms. The van der Waals surface area contributed by atoms with Crippen molar-refractivity contribution in [1.29, 1.82) is 0 Å². The van der Waals surface area contributed by atoms with Gasteiger partial charge in [0.2, 0.25) is 0 Å². The van der Waals surface area contributed by atoms with Crippen molar-refractivity contribution < 1.29 is 9.47 Å². The first-order valence-corrected chi connectivity index (χ1v) is 8.12. The molecule has 0 amide bonds. The predicted molar refractivity (Wildman–Crippen MR) is 89.5 cm³/mol. The summed E-state index contributed by atoms with van der Waals surface area (Å²) in [6, 6.07) is 6.49. The first-order chi connectivity index (χ1) is 10.1. The molecule has 1 aromatic carbocycles. The lowest BCUT2D eigenvalue weighted by Crippen LogP contribution is -2.25. The zero-order valence-corrected chi connectivity index (χ0v) is 14.2. The molecule has 0 unspecified atom stereocenters. The van der Waals surface area contributed by atoms with Gasteiger partial charge in [-0.15, -0.1) is 0 Å². The number of ether oxygens (including phenoxy) is 2. The number of hydrogen-bond donors (Lipinski definition) is 1. The van der Waals surface area contributed by atoms with Crippen LogP contribution in [-0.2, 0) is 4.74 Å². The maximum absolute atomic E-state index is 6.09. The molecule has 1 rings (SSSR count). The zero-order chi connectivity index (χ0) is 15.7. The Morgan fingerprint density at radius 2 is 1.52 bits per heavy atom. The van der Waals surface area contributed by atoms with Gasteiger partial charge in [0, 0.05) is 19.7 Å². The van der Waals surface area contributed by atoms with Crippen molar-refractivity contribution in [1.82, 2.24) is 5.32 Å². The summed E-state index contributed by atoms with van der Waals surface area (Å²) in [6.07, 6.45) is 0. The Bertz CT molecular complexity index is 376. The Kier molecular flexibility index (Phi) is 8.40. The number of nitrogens with one attached hydrogen (secondary N) is 1. The summed E-state index contributed by atoms with van der Waals surface area (Å²) in [5.41, 5.74) is 2.60. The molecule has 0 aliphatic heterocycles. The third-order valence-electron chi connectivity index (χ3n) is 3.47. The molecule has 0 bridgehead atoms. The minimum absolute atomic E-state index is 0.476. The van der Waals surface area contributed by atoms with Crippen LogP contribution in [0.25, 0.3) is 0 Å². The van der Waals surface area contributed by atoms with Gasteiger partial charge in [0.1, 0.15) is 12.4 Å². The maximum Gasteiger partial charge on any atom is 0.126 e. The first-order valence-electron chi connectivity index (χ1n) is 8.12. The smallest absolute Gasteiger partial charge is 0.126 e. The Morgan fingerprint density at radius 3 is 2.05 bits per heavy atom. The largest absolute Gasteiger partial charge is 0.492 e. The Labute approximate surface area is 130 Å². The van der Waals surface area contributed by atoms with Gasteiger partial charge in [-0.25, -0.2) is 0 Å². The van der Waals surface area contributed by atoms with Crippen molar-refractivity contribution in [2.45, 2.75) is 46.5 Å². The van der Waals surface area contributed by atoms with Crippen LogP contribution in [0.2, 0.25) is 0 Å². The fourth-order valence-corrected chi connectivity index (χ4v) is 2.29. The molecule has 3 nitrogen and oxygen atoms in total. The SMILES string of the molecule is CCOCCNCCOc1c(C(C)C)cccc1C(C)C. The van der Waals surface area contributed by atoms with Crippen molar-refractivity contribution in [2.24, 2.45) is 0 Å². The standard InChI is InChI=1S/C18H31NO2/c1-6-20-12-10-19-11-13-21-18-16(14(2)3)8-7-9-17(18)15(4)5/h7-9,14-15,19H,6,10-13H2,1-5H3. The van der Waals surface area contributed by atoms with Gasteiger partial charge in [0.05, 0.1) is 6.61 Å². The molecule has 0 atom stereocenters. The molecule has 0 aliphatic rings. The Balaban J connectivity index is 2.56. The van der Waals surface area contributed by atoms with Gasteiger partial charge >= 0.3 is 0 Å². The summed E-state index contributed by atoms with van der Waals surface area (Å²) in [6.45, 7) is 14.8. The topological polar surface area (TPSA) is 30.5 Å². The van der Waals surface area contributed by atoms with E-state index in [9.17, 15) is 0 Å². The van der Waals surface area contributed by atoms with E-state index in [0.29, 0.717) is 18.4 Å². The number of benzene rings is 1. The molecule has 120 valence electrons. The van der Waals surface area contributed by atoms with Crippen LogP contribution in [0.1, 0.15) is 57.6 Å². The van der Waals surface area contributed by atoms with Crippen LogP contribution >= 0.6 is 0 Å². The molecule has 0 aromatic heterocycles. The van der Waals surface area contributed by atoms with E-state index in [1.165, 1.54) is 11.1 Å². The van der Waals surface area contributed by atoms with E-state index in [0.717, 1.165) is 32.1 Å². The Hall–Kier alpha value is -1.06. The second kappa shape index (κ2) is 9.80. The lowest BCUT2D eigenvalue weighted by molar-refractivity contribution is 0.148. The highest BCUT2D eigenvalue weighted by Gasteiger charge is 2.14. The summed E-state index contributed by atoms with van der Waals surface area (Å²) >= 11 is 0. The molecular formula is C18H31NO2. The van der Waals surface area contributed by atoms with E-state index in [2.05, 4.69) is 51.2 Å². The average molecular weight is 293 g/mol. The molecule has 0 saturated carbocycles. The second-order valence-corrected chi connectivity index (χ2v) is 5.87. The monoisotopic (exact) mass is 293 g/mol. The molecule has 0 spiro atoms. The van der Waals surface area contributed by atoms with Crippen LogP contribution < -0.4 is 10.1 Å². The van der Waals surface area contributed by atoms with Gasteiger partial charge < -0.3 is 14.8 Å². The van der Waals surface area contributed by atoms with Crippen LogP contribution in [0, 0.1) is 0 Å². The zero-order valence-electron chi connectivity index (χ0n) is 14.2. The van der Waals surface area contributed by atoms with E-state index in [4.69, 9.17) is 9.47 Å². The first kappa shape index (κ1) is 18.0. The molecule has 0 radical (unpaired) electrons. The van der Waals surface area contributed by atoms with E-state index in [-0.39, 0.29) is 0 Å². The average Bonchev–Trinajstić information content (AvgIpc) is 2.45. The molecule has 1 N–H and O–H groups in total. The van der Waals surface area contributed by atoms with Crippen molar-refractivity contribution in [2.75, 3.05) is 32.9 Å². The second-order valence-electron chi connectivity index (χ2n) is 5.87. The number of para-hydroxylation sites is 1. The summed E-state index contributed by atoms with van der Waals surface area (Å²) < 4.78 is 11.4. The highest BCUT2D eigenvalue weighted by molar-refractivity contribution is 5.44. The van der Waals surface area contributed by atoms with Gasteiger partial charge in [-0.2, -0.15) is 0 Å². The summed E-state index contributed by atoms with van der Waals surface area (Å²) in [4.78, 5) is 0. The highest BCUT2D eigenvalue weighted by Crippen LogP contribution is 2.34. The van der Waals surface area contributed by atoms with Gasteiger partial charge in [0.25, 0.3) is 0 Å². The highest BCUT2D eigenvalue weighted by atomic mass is 16.5. The van der Waals surface area contributed by atoms with Crippen LogP contribution in [0.15, 0.2) is 18.2 Å². The molecule has 1 aromatic rings. The van der Waals surface area contributed by atoms with Crippen LogP contribution in [0.3, 0.4) is 0 Å². The Morgan fingerprint density at radius 1 is 0.952 bits per heavy atom. The number of rotatable bonds is 10. The summed E-state index contributed by atoms with van der Waals surface area (Å²) in [5.74, 6) is 2.03. The molecular weight excluding hydrogens is 262 g/mol. The van der Waals surface area contributed by atoms with Crippen molar-refractivity contribution in [3.05, 3.63) is 29.3 Å². The third-order valence-corrected chi connectivity index (χ3v) is 3.47. The van der Waals surface area contributed by atoms with E-state index < -0.39 is 0 Å². The van der Waals surface area contributed by atoms with Crippen LogP contribution in [-0.4, -0.2) is 32.9 Å².